The molecule has 19 heavy (non-hydrogen) atoms. The minimum absolute atomic E-state index is 0.141. The van der Waals surface area contributed by atoms with E-state index >= 15 is 0 Å². The maximum atomic E-state index is 12.0. The van der Waals surface area contributed by atoms with Crippen molar-refractivity contribution in [1.82, 2.24) is 10.3 Å². The van der Waals surface area contributed by atoms with E-state index in [-0.39, 0.29) is 12.5 Å². The van der Waals surface area contributed by atoms with Crippen molar-refractivity contribution in [3.8, 4) is 0 Å². The second kappa shape index (κ2) is 6.84. The average Bonchev–Trinajstić information content (AvgIpc) is 2.43. The van der Waals surface area contributed by atoms with Gasteiger partial charge in [-0.3, -0.25) is 9.78 Å². The summed E-state index contributed by atoms with van der Waals surface area (Å²) in [7, 11) is 0. The zero-order chi connectivity index (χ0) is 14.4. The van der Waals surface area contributed by atoms with Gasteiger partial charge in [-0.2, -0.15) is 0 Å². The second-order valence-corrected chi connectivity index (χ2v) is 4.41. The summed E-state index contributed by atoms with van der Waals surface area (Å²) in [5, 5.41) is 11.7. The highest BCUT2D eigenvalue weighted by molar-refractivity contribution is 5.96. The topological polar surface area (TPSA) is 105 Å². The van der Waals surface area contributed by atoms with Crippen LogP contribution >= 0.6 is 0 Å². The van der Waals surface area contributed by atoms with Crippen LogP contribution in [0, 0.1) is 5.92 Å². The van der Waals surface area contributed by atoms with E-state index in [2.05, 4.69) is 10.3 Å². The minimum atomic E-state index is -1.03. The third-order valence-electron chi connectivity index (χ3n) is 3.05. The van der Waals surface area contributed by atoms with Crippen molar-refractivity contribution in [2.24, 2.45) is 11.7 Å². The normalized spacial score (nSPS) is 13.6. The molecule has 104 valence electrons. The Morgan fingerprint density at radius 3 is 2.74 bits per heavy atom. The van der Waals surface area contributed by atoms with Crippen LogP contribution in [0.15, 0.2) is 18.3 Å². The van der Waals surface area contributed by atoms with Crippen LogP contribution in [0.1, 0.15) is 36.3 Å². The molecule has 0 bridgehead atoms. The molecule has 0 aromatic carbocycles. The Morgan fingerprint density at radius 1 is 1.53 bits per heavy atom. The van der Waals surface area contributed by atoms with Crippen LogP contribution in [0.5, 0.6) is 0 Å². The lowest BCUT2D eigenvalue weighted by Crippen LogP contribution is -2.45. The van der Waals surface area contributed by atoms with Crippen molar-refractivity contribution in [1.29, 1.82) is 0 Å². The Labute approximate surface area is 112 Å². The number of carbonyl (C=O) groups is 2. The molecule has 1 aromatic heterocycles. The molecule has 0 fully saturated rings. The van der Waals surface area contributed by atoms with Crippen molar-refractivity contribution < 1.29 is 14.7 Å². The van der Waals surface area contributed by atoms with Gasteiger partial charge < -0.3 is 16.2 Å². The van der Waals surface area contributed by atoms with Crippen LogP contribution in [0.25, 0.3) is 0 Å². The molecule has 4 N–H and O–H groups in total. The first-order valence-corrected chi connectivity index (χ1v) is 6.18. The fourth-order valence-electron chi connectivity index (χ4n) is 1.64. The smallest absolute Gasteiger partial charge is 0.326 e. The minimum Gasteiger partial charge on any atom is -0.480 e. The summed E-state index contributed by atoms with van der Waals surface area (Å²) >= 11 is 0. The number of carbonyl (C=O) groups excluding carboxylic acids is 1. The van der Waals surface area contributed by atoms with E-state index in [1.807, 2.05) is 6.92 Å². The molecular weight excluding hydrogens is 246 g/mol. The third-order valence-corrected chi connectivity index (χ3v) is 3.05. The number of amides is 1. The first-order chi connectivity index (χ1) is 8.99. The number of rotatable bonds is 6. The van der Waals surface area contributed by atoms with E-state index in [1.165, 1.54) is 12.3 Å². The summed E-state index contributed by atoms with van der Waals surface area (Å²) in [6.45, 7) is 3.90. The van der Waals surface area contributed by atoms with E-state index in [0.29, 0.717) is 17.7 Å². The van der Waals surface area contributed by atoms with Crippen molar-refractivity contribution in [2.75, 3.05) is 0 Å². The van der Waals surface area contributed by atoms with Crippen molar-refractivity contribution in [3.63, 3.8) is 0 Å². The molecule has 0 radical (unpaired) electrons. The first kappa shape index (κ1) is 15.1. The zero-order valence-corrected chi connectivity index (χ0v) is 11.1. The molecule has 2 unspecified atom stereocenters. The van der Waals surface area contributed by atoms with Gasteiger partial charge in [-0.1, -0.05) is 20.3 Å². The summed E-state index contributed by atoms with van der Waals surface area (Å²) in [5.41, 5.74) is 6.40. The molecular formula is C13H19N3O3. The molecule has 0 saturated heterocycles. The molecule has 2 atom stereocenters. The van der Waals surface area contributed by atoms with Crippen molar-refractivity contribution in [3.05, 3.63) is 29.6 Å². The van der Waals surface area contributed by atoms with Gasteiger partial charge in [-0.15, -0.1) is 0 Å². The Hall–Kier alpha value is -1.95. The van der Waals surface area contributed by atoms with Gasteiger partial charge in [-0.25, -0.2) is 4.79 Å². The molecule has 1 aromatic rings. The molecule has 0 saturated carbocycles. The molecule has 0 aliphatic heterocycles. The fraction of sp³-hybridized carbons (Fsp3) is 0.462. The number of aliphatic carboxylic acids is 1. The predicted molar refractivity (Wildman–Crippen MR) is 70.5 cm³/mol. The molecule has 1 rings (SSSR count). The highest BCUT2D eigenvalue weighted by atomic mass is 16.4. The van der Waals surface area contributed by atoms with E-state index in [9.17, 15) is 9.59 Å². The molecule has 6 heteroatoms. The summed E-state index contributed by atoms with van der Waals surface area (Å²) in [6, 6.07) is 2.20. The number of carboxylic acids is 1. The number of nitrogens with two attached hydrogens (primary N) is 1. The Kier molecular flexibility index (Phi) is 5.44. The molecule has 0 aliphatic carbocycles. The van der Waals surface area contributed by atoms with Crippen LogP contribution in [0.3, 0.4) is 0 Å². The van der Waals surface area contributed by atoms with Gasteiger partial charge in [0, 0.05) is 18.3 Å². The van der Waals surface area contributed by atoms with E-state index < -0.39 is 17.9 Å². The standard InChI is InChI=1S/C13H19N3O3/c1-3-8(2)11(13(18)19)16-12(17)9-4-5-15-10(6-9)7-14/h4-6,8,11H,3,7,14H2,1-2H3,(H,16,17)(H,18,19). The summed E-state index contributed by atoms with van der Waals surface area (Å²) < 4.78 is 0. The van der Waals surface area contributed by atoms with E-state index in [4.69, 9.17) is 10.8 Å². The number of pyridine rings is 1. The second-order valence-electron chi connectivity index (χ2n) is 4.41. The Balaban J connectivity index is 2.84. The molecule has 1 heterocycles. The predicted octanol–water partition coefficient (Wildman–Crippen LogP) is 0.769. The van der Waals surface area contributed by atoms with Crippen LogP contribution in [-0.2, 0) is 11.3 Å². The quantitative estimate of drug-likeness (QED) is 0.704. The van der Waals surface area contributed by atoms with Gasteiger partial charge in [0.1, 0.15) is 6.04 Å². The van der Waals surface area contributed by atoms with Crippen LogP contribution in [0.2, 0.25) is 0 Å². The molecule has 1 amide bonds. The molecule has 0 spiro atoms. The highest BCUT2D eigenvalue weighted by Crippen LogP contribution is 2.09. The van der Waals surface area contributed by atoms with Gasteiger partial charge in [0.25, 0.3) is 5.91 Å². The van der Waals surface area contributed by atoms with E-state index in [0.717, 1.165) is 0 Å². The van der Waals surface area contributed by atoms with Gasteiger partial charge in [0.2, 0.25) is 0 Å². The summed E-state index contributed by atoms with van der Waals surface area (Å²) in [6.07, 6.45) is 2.15. The lowest BCUT2D eigenvalue weighted by atomic mass is 9.99. The molecule has 0 aliphatic rings. The number of aromatic nitrogens is 1. The highest BCUT2D eigenvalue weighted by Gasteiger charge is 2.25. The lowest BCUT2D eigenvalue weighted by Gasteiger charge is -2.20. The Morgan fingerprint density at radius 2 is 2.21 bits per heavy atom. The van der Waals surface area contributed by atoms with Gasteiger partial charge in [0.05, 0.1) is 5.69 Å². The van der Waals surface area contributed by atoms with Crippen LogP contribution in [-0.4, -0.2) is 28.0 Å². The third kappa shape index (κ3) is 4.03. The Bertz CT molecular complexity index is 462. The van der Waals surface area contributed by atoms with Gasteiger partial charge in [-0.05, 0) is 18.1 Å². The number of hydrogen-bond acceptors (Lipinski definition) is 4. The van der Waals surface area contributed by atoms with Crippen molar-refractivity contribution in [2.45, 2.75) is 32.9 Å². The zero-order valence-electron chi connectivity index (χ0n) is 11.1. The number of carboxylic acid groups (broad SMARTS) is 1. The van der Waals surface area contributed by atoms with Crippen molar-refractivity contribution >= 4 is 11.9 Å². The summed E-state index contributed by atoms with van der Waals surface area (Å²) in [4.78, 5) is 27.1. The van der Waals surface area contributed by atoms with Crippen LogP contribution in [0.4, 0.5) is 0 Å². The molecule has 6 nitrogen and oxygen atoms in total. The monoisotopic (exact) mass is 265 g/mol. The number of nitrogens with zero attached hydrogens (tertiary/aromatic N) is 1. The number of hydrogen-bond donors (Lipinski definition) is 3. The lowest BCUT2D eigenvalue weighted by molar-refractivity contribution is -0.140. The average molecular weight is 265 g/mol. The van der Waals surface area contributed by atoms with E-state index in [1.54, 1.807) is 13.0 Å². The summed E-state index contributed by atoms with van der Waals surface area (Å²) in [5.74, 6) is -1.60. The SMILES string of the molecule is CCC(C)C(NC(=O)c1ccnc(CN)c1)C(=O)O. The van der Waals surface area contributed by atoms with Crippen LogP contribution < -0.4 is 11.1 Å². The maximum absolute atomic E-state index is 12.0. The maximum Gasteiger partial charge on any atom is 0.326 e. The first-order valence-electron chi connectivity index (χ1n) is 6.18. The largest absolute Gasteiger partial charge is 0.480 e. The van der Waals surface area contributed by atoms with Gasteiger partial charge >= 0.3 is 5.97 Å². The number of nitrogens with one attached hydrogen (secondary N) is 1. The van der Waals surface area contributed by atoms with Gasteiger partial charge in [0.15, 0.2) is 0 Å². The fourth-order valence-corrected chi connectivity index (χ4v) is 1.64.